The molecule has 1 fully saturated rings. The number of nitrogens with zero attached hydrogens (tertiary/aromatic N) is 2. The summed E-state index contributed by atoms with van der Waals surface area (Å²) in [6.07, 6.45) is 7.11. The first kappa shape index (κ1) is 19.2. The predicted octanol–water partition coefficient (Wildman–Crippen LogP) is 2.75. The third-order valence-electron chi connectivity index (χ3n) is 6.39. The van der Waals surface area contributed by atoms with Gasteiger partial charge in [-0.15, -0.1) is 6.58 Å². The van der Waals surface area contributed by atoms with Crippen LogP contribution in [0.2, 0.25) is 0 Å². The molecule has 28 heavy (non-hydrogen) atoms. The lowest BCUT2D eigenvalue weighted by atomic mass is 9.72. The third kappa shape index (κ3) is 3.61. The predicted molar refractivity (Wildman–Crippen MR) is 115 cm³/mol. The van der Waals surface area contributed by atoms with Crippen LogP contribution in [0.25, 0.3) is 10.9 Å². The van der Waals surface area contributed by atoms with Crippen molar-refractivity contribution >= 4 is 16.8 Å². The normalized spacial score (nSPS) is 24.3. The number of nitrogens with one attached hydrogen (secondary N) is 2. The van der Waals surface area contributed by atoms with Gasteiger partial charge in [0.05, 0.1) is 5.92 Å². The SMILES string of the molecule is C=CCN1C[C@H](C(=O)NCCCN(C)C)CC2c3cccc4[nH]cc(c34)CC21. The Morgan fingerprint density at radius 2 is 2.29 bits per heavy atom. The number of fused-ring (bicyclic) bond motifs is 2. The molecule has 150 valence electrons. The number of rotatable bonds is 7. The summed E-state index contributed by atoms with van der Waals surface area (Å²) in [5, 5.41) is 4.56. The summed E-state index contributed by atoms with van der Waals surface area (Å²) in [5.41, 5.74) is 4.04. The molecule has 2 unspecified atom stereocenters. The van der Waals surface area contributed by atoms with Crippen molar-refractivity contribution < 1.29 is 4.79 Å². The Balaban J connectivity index is 1.54. The van der Waals surface area contributed by atoms with Crippen molar-refractivity contribution in [3.63, 3.8) is 0 Å². The van der Waals surface area contributed by atoms with Crippen LogP contribution in [0.1, 0.15) is 29.9 Å². The number of piperidine rings is 1. The van der Waals surface area contributed by atoms with Gasteiger partial charge < -0.3 is 15.2 Å². The Hall–Kier alpha value is -2.11. The molecule has 0 bridgehead atoms. The number of carbonyl (C=O) groups excluding carboxylic acids is 1. The fourth-order valence-corrected chi connectivity index (χ4v) is 5.11. The minimum Gasteiger partial charge on any atom is -0.361 e. The number of H-pyrrole nitrogens is 1. The smallest absolute Gasteiger partial charge is 0.224 e. The minimum absolute atomic E-state index is 0.0382. The largest absolute Gasteiger partial charge is 0.361 e. The van der Waals surface area contributed by atoms with E-state index < -0.39 is 0 Å². The highest BCUT2D eigenvalue weighted by Gasteiger charge is 2.42. The summed E-state index contributed by atoms with van der Waals surface area (Å²) >= 11 is 0. The molecule has 1 aliphatic carbocycles. The van der Waals surface area contributed by atoms with Crippen LogP contribution in [0.4, 0.5) is 0 Å². The lowest BCUT2D eigenvalue weighted by Crippen LogP contribution is -2.53. The second-order valence-electron chi connectivity index (χ2n) is 8.58. The molecule has 1 aromatic heterocycles. The van der Waals surface area contributed by atoms with Gasteiger partial charge in [0.25, 0.3) is 0 Å². The quantitative estimate of drug-likeness (QED) is 0.574. The zero-order chi connectivity index (χ0) is 19.7. The molecule has 1 saturated heterocycles. The van der Waals surface area contributed by atoms with Gasteiger partial charge in [0.2, 0.25) is 5.91 Å². The Kier molecular flexibility index (Phi) is 5.56. The summed E-state index contributed by atoms with van der Waals surface area (Å²) in [6, 6.07) is 7.01. The standard InChI is InChI=1S/C23H32N4O/c1-4-10-27-15-17(23(28)24-9-6-11-26(2)3)12-19-18-7-5-8-20-22(18)16(14-25-20)13-21(19)27/h4-5,7-8,14,17,19,21,25H,1,6,9-13,15H2,2-3H3,(H,24,28)/t17-,19?,21?/m1/s1. The first-order chi connectivity index (χ1) is 13.6. The highest BCUT2D eigenvalue weighted by atomic mass is 16.1. The van der Waals surface area contributed by atoms with E-state index in [-0.39, 0.29) is 11.8 Å². The number of hydrogen-bond acceptors (Lipinski definition) is 3. The molecule has 4 rings (SSSR count). The van der Waals surface area contributed by atoms with Crippen molar-refractivity contribution in [3.8, 4) is 0 Å². The van der Waals surface area contributed by atoms with Gasteiger partial charge in [0.1, 0.15) is 0 Å². The van der Waals surface area contributed by atoms with E-state index in [1.807, 2.05) is 6.08 Å². The highest BCUT2D eigenvalue weighted by Crippen LogP contribution is 2.44. The first-order valence-corrected chi connectivity index (χ1v) is 10.4. The maximum Gasteiger partial charge on any atom is 0.224 e. The van der Waals surface area contributed by atoms with Crippen LogP contribution in [0.3, 0.4) is 0 Å². The fourth-order valence-electron chi connectivity index (χ4n) is 5.11. The second-order valence-corrected chi connectivity index (χ2v) is 8.58. The van der Waals surface area contributed by atoms with E-state index in [0.717, 1.165) is 45.4 Å². The number of likely N-dealkylation sites (tertiary alicyclic amines) is 1. The second kappa shape index (κ2) is 8.10. The molecule has 2 aliphatic rings. The highest BCUT2D eigenvalue weighted by molar-refractivity contribution is 5.88. The summed E-state index contributed by atoms with van der Waals surface area (Å²) in [4.78, 5) is 21.0. The van der Waals surface area contributed by atoms with E-state index in [4.69, 9.17) is 0 Å². The average molecular weight is 381 g/mol. The Bertz CT molecular complexity index is 855. The van der Waals surface area contributed by atoms with Crippen LogP contribution >= 0.6 is 0 Å². The lowest BCUT2D eigenvalue weighted by Gasteiger charge is -2.46. The van der Waals surface area contributed by atoms with Gasteiger partial charge in [-0.2, -0.15) is 0 Å². The third-order valence-corrected chi connectivity index (χ3v) is 6.39. The molecule has 5 nitrogen and oxygen atoms in total. The number of benzene rings is 1. The zero-order valence-electron chi connectivity index (χ0n) is 17.1. The maximum atomic E-state index is 12.9. The van der Waals surface area contributed by atoms with Crippen LogP contribution in [-0.2, 0) is 11.2 Å². The summed E-state index contributed by atoms with van der Waals surface area (Å²) in [5.74, 6) is 0.646. The van der Waals surface area contributed by atoms with Crippen molar-refractivity contribution in [1.82, 2.24) is 20.1 Å². The molecule has 1 aromatic carbocycles. The van der Waals surface area contributed by atoms with Crippen LogP contribution < -0.4 is 5.32 Å². The lowest BCUT2D eigenvalue weighted by molar-refractivity contribution is -0.127. The van der Waals surface area contributed by atoms with Gasteiger partial charge in [-0.3, -0.25) is 9.69 Å². The minimum atomic E-state index is 0.0382. The van der Waals surface area contributed by atoms with E-state index in [2.05, 4.69) is 65.2 Å². The molecule has 2 heterocycles. The molecule has 2 N–H and O–H groups in total. The Labute approximate surface area is 167 Å². The molecule has 1 amide bonds. The fraction of sp³-hybridized carbons (Fsp3) is 0.522. The van der Waals surface area contributed by atoms with E-state index in [1.54, 1.807) is 0 Å². The van der Waals surface area contributed by atoms with E-state index in [1.165, 1.54) is 22.0 Å². The van der Waals surface area contributed by atoms with Crippen molar-refractivity contribution in [2.24, 2.45) is 5.92 Å². The molecule has 3 atom stereocenters. The molecule has 0 spiro atoms. The van der Waals surface area contributed by atoms with E-state index in [0.29, 0.717) is 12.0 Å². The van der Waals surface area contributed by atoms with Crippen molar-refractivity contribution in [3.05, 3.63) is 48.2 Å². The number of aromatic amines is 1. The average Bonchev–Trinajstić information content (AvgIpc) is 3.10. The molecule has 1 aliphatic heterocycles. The van der Waals surface area contributed by atoms with Crippen LogP contribution in [0, 0.1) is 5.92 Å². The molecule has 0 radical (unpaired) electrons. The number of aromatic nitrogens is 1. The van der Waals surface area contributed by atoms with Crippen LogP contribution in [-0.4, -0.2) is 67.0 Å². The number of hydrogen-bond donors (Lipinski definition) is 2. The van der Waals surface area contributed by atoms with Gasteiger partial charge in [0, 0.05) is 48.7 Å². The van der Waals surface area contributed by atoms with Gasteiger partial charge >= 0.3 is 0 Å². The van der Waals surface area contributed by atoms with Crippen molar-refractivity contribution in [1.29, 1.82) is 0 Å². The van der Waals surface area contributed by atoms with Crippen LogP contribution in [0.5, 0.6) is 0 Å². The van der Waals surface area contributed by atoms with E-state index in [9.17, 15) is 4.79 Å². The van der Waals surface area contributed by atoms with Gasteiger partial charge in [-0.25, -0.2) is 0 Å². The molecule has 0 saturated carbocycles. The molecular weight excluding hydrogens is 348 g/mol. The monoisotopic (exact) mass is 380 g/mol. The Morgan fingerprint density at radius 1 is 1.43 bits per heavy atom. The Morgan fingerprint density at radius 3 is 3.07 bits per heavy atom. The van der Waals surface area contributed by atoms with Crippen LogP contribution in [0.15, 0.2) is 37.1 Å². The van der Waals surface area contributed by atoms with E-state index >= 15 is 0 Å². The van der Waals surface area contributed by atoms with Crippen molar-refractivity contribution in [2.75, 3.05) is 40.3 Å². The van der Waals surface area contributed by atoms with Gasteiger partial charge in [-0.1, -0.05) is 18.2 Å². The number of carbonyl (C=O) groups is 1. The van der Waals surface area contributed by atoms with Crippen molar-refractivity contribution in [2.45, 2.75) is 31.2 Å². The summed E-state index contributed by atoms with van der Waals surface area (Å²) in [6.45, 7) is 7.36. The topological polar surface area (TPSA) is 51.4 Å². The summed E-state index contributed by atoms with van der Waals surface area (Å²) in [7, 11) is 4.13. The first-order valence-electron chi connectivity index (χ1n) is 10.4. The van der Waals surface area contributed by atoms with Gasteiger partial charge in [0.15, 0.2) is 0 Å². The number of amides is 1. The zero-order valence-corrected chi connectivity index (χ0v) is 17.1. The van der Waals surface area contributed by atoms with Gasteiger partial charge in [-0.05, 0) is 57.1 Å². The molecule has 5 heteroatoms. The maximum absolute atomic E-state index is 12.9. The summed E-state index contributed by atoms with van der Waals surface area (Å²) < 4.78 is 0. The molecule has 2 aromatic rings. The molecular formula is C23H32N4O.